The van der Waals surface area contributed by atoms with Crippen molar-refractivity contribution in [3.8, 4) is 0 Å². The maximum atomic E-state index is 6.06. The number of rotatable bonds is 3. The van der Waals surface area contributed by atoms with Gasteiger partial charge < -0.3 is 10.6 Å². The topological polar surface area (TPSA) is 41.6 Å². The number of halogens is 1. The highest BCUT2D eigenvalue weighted by Gasteiger charge is 2.16. The number of hydrogen-bond acceptors (Lipinski definition) is 2. The predicted molar refractivity (Wildman–Crippen MR) is 94.4 cm³/mol. The first-order chi connectivity index (χ1) is 8.69. The molecule has 2 rings (SSSR count). The van der Waals surface area contributed by atoms with Gasteiger partial charge in [0, 0.05) is 22.8 Å². The van der Waals surface area contributed by atoms with Gasteiger partial charge in [0.05, 0.1) is 6.54 Å². The molecule has 0 bridgehead atoms. The van der Waals surface area contributed by atoms with E-state index in [0.29, 0.717) is 5.96 Å². The van der Waals surface area contributed by atoms with Gasteiger partial charge in [-0.3, -0.25) is 0 Å². The summed E-state index contributed by atoms with van der Waals surface area (Å²) in [4.78, 5) is 9.47. The van der Waals surface area contributed by atoms with E-state index in [0.717, 1.165) is 32.0 Å². The van der Waals surface area contributed by atoms with Crippen LogP contribution in [-0.2, 0) is 13.0 Å². The van der Waals surface area contributed by atoms with Crippen molar-refractivity contribution in [3.63, 3.8) is 0 Å². The van der Waals surface area contributed by atoms with E-state index < -0.39 is 0 Å². The zero-order valence-corrected chi connectivity index (χ0v) is 14.9. The first-order valence-corrected chi connectivity index (χ1v) is 7.63. The standard InChI is InChI=1S/C14H23N3S.HI/c1-3-12-4-5-13(18-12)10-16-14(15)17-8-6-11(2)7-9-17;/h4-5,11H,3,6-10H2,1-2H3,(H2,15,16);1H. The van der Waals surface area contributed by atoms with Gasteiger partial charge in [-0.25, -0.2) is 4.99 Å². The normalized spacial score (nSPS) is 17.4. The minimum absolute atomic E-state index is 0. The van der Waals surface area contributed by atoms with Crippen molar-refractivity contribution in [2.24, 2.45) is 16.6 Å². The number of nitrogens with two attached hydrogens (primary N) is 1. The van der Waals surface area contributed by atoms with Gasteiger partial charge in [-0.15, -0.1) is 35.3 Å². The lowest BCUT2D eigenvalue weighted by molar-refractivity contribution is 0.277. The molecule has 1 saturated heterocycles. The molecule has 2 heterocycles. The maximum Gasteiger partial charge on any atom is 0.191 e. The van der Waals surface area contributed by atoms with Crippen LogP contribution < -0.4 is 5.73 Å². The van der Waals surface area contributed by atoms with Gasteiger partial charge in [0.15, 0.2) is 5.96 Å². The molecular weight excluding hydrogens is 369 g/mol. The molecule has 0 amide bonds. The second-order valence-corrected chi connectivity index (χ2v) is 6.32. The van der Waals surface area contributed by atoms with Crippen molar-refractivity contribution < 1.29 is 0 Å². The van der Waals surface area contributed by atoms with Crippen LogP contribution in [0.15, 0.2) is 17.1 Å². The highest BCUT2D eigenvalue weighted by atomic mass is 127. The van der Waals surface area contributed by atoms with E-state index in [1.165, 1.54) is 22.6 Å². The van der Waals surface area contributed by atoms with Gasteiger partial charge in [-0.2, -0.15) is 0 Å². The minimum Gasteiger partial charge on any atom is -0.370 e. The van der Waals surface area contributed by atoms with Gasteiger partial charge in [-0.1, -0.05) is 13.8 Å². The summed E-state index contributed by atoms with van der Waals surface area (Å²) in [7, 11) is 0. The van der Waals surface area contributed by atoms with E-state index in [-0.39, 0.29) is 24.0 Å². The van der Waals surface area contributed by atoms with Gasteiger partial charge in [0.1, 0.15) is 0 Å². The Hall–Kier alpha value is -0.300. The number of thiophene rings is 1. The summed E-state index contributed by atoms with van der Waals surface area (Å²) in [5.41, 5.74) is 6.06. The Labute approximate surface area is 137 Å². The van der Waals surface area contributed by atoms with Gasteiger partial charge in [-0.05, 0) is 37.3 Å². The Bertz CT molecular complexity index is 409. The van der Waals surface area contributed by atoms with Crippen LogP contribution in [-0.4, -0.2) is 23.9 Å². The van der Waals surface area contributed by atoms with Crippen LogP contribution in [0.5, 0.6) is 0 Å². The fourth-order valence-electron chi connectivity index (χ4n) is 2.19. The molecule has 0 aromatic carbocycles. The average molecular weight is 393 g/mol. The van der Waals surface area contributed by atoms with Gasteiger partial charge in [0.25, 0.3) is 0 Å². The lowest BCUT2D eigenvalue weighted by Gasteiger charge is -2.30. The van der Waals surface area contributed by atoms with Crippen LogP contribution >= 0.6 is 35.3 Å². The van der Waals surface area contributed by atoms with Crippen LogP contribution in [0, 0.1) is 5.92 Å². The summed E-state index contributed by atoms with van der Waals surface area (Å²) < 4.78 is 0. The van der Waals surface area contributed by atoms with Crippen molar-refractivity contribution in [1.29, 1.82) is 0 Å². The number of nitrogens with zero attached hydrogens (tertiary/aromatic N) is 2. The van der Waals surface area contributed by atoms with Crippen LogP contribution in [0.1, 0.15) is 36.4 Å². The van der Waals surface area contributed by atoms with E-state index in [2.05, 4.69) is 35.9 Å². The summed E-state index contributed by atoms with van der Waals surface area (Å²) in [6.45, 7) is 7.33. The number of piperidine rings is 1. The molecular formula is C14H24IN3S. The molecule has 0 unspecified atom stereocenters. The smallest absolute Gasteiger partial charge is 0.191 e. The number of aryl methyl sites for hydroxylation is 1. The molecule has 1 fully saturated rings. The fourth-order valence-corrected chi connectivity index (χ4v) is 3.08. The Morgan fingerprint density at radius 1 is 1.37 bits per heavy atom. The monoisotopic (exact) mass is 393 g/mol. The molecule has 0 aliphatic carbocycles. The summed E-state index contributed by atoms with van der Waals surface area (Å²) in [5, 5.41) is 0. The largest absolute Gasteiger partial charge is 0.370 e. The Morgan fingerprint density at radius 2 is 2.00 bits per heavy atom. The summed E-state index contributed by atoms with van der Waals surface area (Å²) in [6, 6.07) is 4.35. The van der Waals surface area contributed by atoms with Crippen molar-refractivity contribution in [1.82, 2.24) is 4.90 Å². The van der Waals surface area contributed by atoms with Crippen LogP contribution in [0.3, 0.4) is 0 Å². The molecule has 1 aromatic rings. The third-order valence-corrected chi connectivity index (χ3v) is 4.78. The highest BCUT2D eigenvalue weighted by molar-refractivity contribution is 14.0. The van der Waals surface area contributed by atoms with Crippen molar-refractivity contribution in [3.05, 3.63) is 21.9 Å². The zero-order valence-electron chi connectivity index (χ0n) is 11.8. The minimum atomic E-state index is 0. The molecule has 0 atom stereocenters. The number of guanidine groups is 1. The molecule has 0 saturated carbocycles. The van der Waals surface area contributed by atoms with Gasteiger partial charge in [0.2, 0.25) is 0 Å². The molecule has 0 spiro atoms. The maximum absolute atomic E-state index is 6.06. The Kier molecular flexibility index (Phi) is 7.13. The van der Waals surface area contributed by atoms with Crippen molar-refractivity contribution in [2.45, 2.75) is 39.7 Å². The van der Waals surface area contributed by atoms with E-state index in [1.54, 1.807) is 0 Å². The molecule has 3 nitrogen and oxygen atoms in total. The molecule has 108 valence electrons. The van der Waals surface area contributed by atoms with E-state index >= 15 is 0 Å². The van der Waals surface area contributed by atoms with Crippen molar-refractivity contribution >= 4 is 41.3 Å². The number of hydrogen-bond donors (Lipinski definition) is 1. The molecule has 1 aromatic heterocycles. The molecule has 2 N–H and O–H groups in total. The van der Waals surface area contributed by atoms with E-state index in [1.807, 2.05) is 11.3 Å². The first kappa shape index (κ1) is 16.8. The third kappa shape index (κ3) is 4.95. The third-order valence-electron chi connectivity index (χ3n) is 3.57. The van der Waals surface area contributed by atoms with Crippen molar-refractivity contribution in [2.75, 3.05) is 13.1 Å². The number of likely N-dealkylation sites (tertiary alicyclic amines) is 1. The summed E-state index contributed by atoms with van der Waals surface area (Å²) in [6.07, 6.45) is 3.57. The Morgan fingerprint density at radius 3 is 2.58 bits per heavy atom. The lowest BCUT2D eigenvalue weighted by Crippen LogP contribution is -2.42. The summed E-state index contributed by atoms with van der Waals surface area (Å²) >= 11 is 1.84. The molecule has 1 aliphatic rings. The predicted octanol–water partition coefficient (Wildman–Crippen LogP) is 3.48. The zero-order chi connectivity index (χ0) is 13.0. The first-order valence-electron chi connectivity index (χ1n) is 6.81. The molecule has 1 aliphatic heterocycles. The second-order valence-electron chi connectivity index (χ2n) is 5.07. The number of aliphatic imine (C=N–C) groups is 1. The van der Waals surface area contributed by atoms with E-state index in [9.17, 15) is 0 Å². The van der Waals surface area contributed by atoms with Gasteiger partial charge >= 0.3 is 0 Å². The van der Waals surface area contributed by atoms with E-state index in [4.69, 9.17) is 5.73 Å². The van der Waals surface area contributed by atoms with Crippen LogP contribution in [0.4, 0.5) is 0 Å². The second kappa shape index (κ2) is 8.09. The fraction of sp³-hybridized carbons (Fsp3) is 0.643. The molecule has 19 heavy (non-hydrogen) atoms. The lowest BCUT2D eigenvalue weighted by atomic mass is 10.00. The SMILES string of the molecule is CCc1ccc(CN=C(N)N2CCC(C)CC2)s1.I. The highest BCUT2D eigenvalue weighted by Crippen LogP contribution is 2.18. The molecule has 5 heteroatoms. The van der Waals surface area contributed by atoms with Crippen LogP contribution in [0.2, 0.25) is 0 Å². The van der Waals surface area contributed by atoms with Crippen LogP contribution in [0.25, 0.3) is 0 Å². The molecule has 0 radical (unpaired) electrons. The Balaban J connectivity index is 0.00000180. The average Bonchev–Trinajstić information content (AvgIpc) is 2.85. The summed E-state index contributed by atoms with van der Waals surface area (Å²) in [5.74, 6) is 1.55. The quantitative estimate of drug-likeness (QED) is 0.486.